The van der Waals surface area contributed by atoms with Gasteiger partial charge < -0.3 is 4.90 Å². The van der Waals surface area contributed by atoms with Gasteiger partial charge in [0.25, 0.3) is 5.91 Å². The van der Waals surface area contributed by atoms with E-state index in [-0.39, 0.29) is 11.9 Å². The molecule has 1 aromatic heterocycles. The molecule has 25 heavy (non-hydrogen) atoms. The maximum absolute atomic E-state index is 12.9. The Hall–Kier alpha value is -2.59. The summed E-state index contributed by atoms with van der Waals surface area (Å²) in [6.07, 6.45) is 0.906. The Morgan fingerprint density at radius 2 is 1.84 bits per heavy atom. The zero-order chi connectivity index (χ0) is 17.4. The first kappa shape index (κ1) is 15.9. The molecule has 2 heterocycles. The third-order valence-electron chi connectivity index (χ3n) is 4.56. The fourth-order valence-electron chi connectivity index (χ4n) is 3.48. The number of halogens is 1. The lowest BCUT2D eigenvalue weighted by atomic mass is 9.96. The number of aromatic amines is 1. The van der Waals surface area contributed by atoms with Gasteiger partial charge in [-0.25, -0.2) is 0 Å². The van der Waals surface area contributed by atoms with Crippen LogP contribution in [0.1, 0.15) is 41.0 Å². The molecule has 1 N–H and O–H groups in total. The van der Waals surface area contributed by atoms with Crippen LogP contribution in [-0.2, 0) is 0 Å². The fourth-order valence-corrected chi connectivity index (χ4v) is 3.60. The molecule has 3 aromatic rings. The van der Waals surface area contributed by atoms with E-state index in [0.29, 0.717) is 17.3 Å². The van der Waals surface area contributed by atoms with Crippen LogP contribution < -0.4 is 0 Å². The van der Waals surface area contributed by atoms with E-state index in [0.717, 1.165) is 28.8 Å². The lowest BCUT2D eigenvalue weighted by Crippen LogP contribution is -2.30. The minimum Gasteiger partial charge on any atom is -0.326 e. The van der Waals surface area contributed by atoms with Gasteiger partial charge in [0.1, 0.15) is 5.69 Å². The molecular weight excluding hydrogens is 334 g/mol. The van der Waals surface area contributed by atoms with Crippen molar-refractivity contribution in [2.45, 2.75) is 19.4 Å². The predicted octanol–water partition coefficient (Wildman–Crippen LogP) is 4.69. The smallest absolute Gasteiger partial charge is 0.273 e. The molecule has 0 saturated heterocycles. The lowest BCUT2D eigenvalue weighted by molar-refractivity contribution is 0.0744. The Morgan fingerprint density at radius 3 is 2.52 bits per heavy atom. The number of nitrogens with one attached hydrogen (secondary N) is 1. The molecule has 0 spiro atoms. The van der Waals surface area contributed by atoms with E-state index in [4.69, 9.17) is 11.6 Å². The summed E-state index contributed by atoms with van der Waals surface area (Å²) in [5.41, 5.74) is 4.40. The number of hydrogen-bond acceptors (Lipinski definition) is 2. The highest BCUT2D eigenvalue weighted by atomic mass is 35.5. The summed E-state index contributed by atoms with van der Waals surface area (Å²) in [5, 5.41) is 8.09. The second-order valence-corrected chi connectivity index (χ2v) is 6.62. The van der Waals surface area contributed by atoms with E-state index in [1.165, 1.54) is 0 Å². The van der Waals surface area contributed by atoms with Gasteiger partial charge in [-0.1, -0.05) is 61.0 Å². The van der Waals surface area contributed by atoms with Crippen molar-refractivity contribution in [3.8, 4) is 11.3 Å². The average Bonchev–Trinajstić information content (AvgIpc) is 3.17. The number of carbonyl (C=O) groups excluding carboxylic acids is 1. The Kier molecular flexibility index (Phi) is 4.06. The topological polar surface area (TPSA) is 49.0 Å². The summed E-state index contributed by atoms with van der Waals surface area (Å²) >= 11 is 6.01. The number of aromatic nitrogens is 2. The lowest BCUT2D eigenvalue weighted by Gasteiger charge is -2.25. The molecule has 2 aromatic carbocycles. The Morgan fingerprint density at radius 1 is 1.12 bits per heavy atom. The molecule has 4 nitrogen and oxygen atoms in total. The van der Waals surface area contributed by atoms with Gasteiger partial charge >= 0.3 is 0 Å². The fraction of sp³-hybridized carbons (Fsp3) is 0.200. The number of nitrogens with zero attached hydrogens (tertiary/aromatic N) is 2. The summed E-state index contributed by atoms with van der Waals surface area (Å²) in [5.74, 6) is 0.0124. The molecule has 126 valence electrons. The van der Waals surface area contributed by atoms with Crippen molar-refractivity contribution in [2.24, 2.45) is 0 Å². The van der Waals surface area contributed by atoms with Crippen LogP contribution in [0.2, 0.25) is 5.02 Å². The van der Waals surface area contributed by atoms with E-state index in [2.05, 4.69) is 29.3 Å². The van der Waals surface area contributed by atoms with Crippen LogP contribution in [-0.4, -0.2) is 27.5 Å². The first-order valence-corrected chi connectivity index (χ1v) is 8.78. The van der Waals surface area contributed by atoms with E-state index < -0.39 is 0 Å². The highest BCUT2D eigenvalue weighted by Crippen LogP contribution is 2.42. The molecule has 0 aliphatic carbocycles. The number of benzene rings is 2. The largest absolute Gasteiger partial charge is 0.326 e. The van der Waals surface area contributed by atoms with E-state index in [9.17, 15) is 4.79 Å². The van der Waals surface area contributed by atoms with E-state index in [1.54, 1.807) is 0 Å². The van der Waals surface area contributed by atoms with Crippen molar-refractivity contribution in [2.75, 3.05) is 6.54 Å². The minimum absolute atomic E-state index is 0.0124. The van der Waals surface area contributed by atoms with Crippen LogP contribution in [0.25, 0.3) is 11.3 Å². The summed E-state index contributed by atoms with van der Waals surface area (Å²) in [4.78, 5) is 14.8. The maximum Gasteiger partial charge on any atom is 0.273 e. The minimum atomic E-state index is -0.118. The normalized spacial score (nSPS) is 16.3. The van der Waals surface area contributed by atoms with E-state index >= 15 is 0 Å². The first-order chi connectivity index (χ1) is 12.2. The highest BCUT2D eigenvalue weighted by Gasteiger charge is 2.41. The van der Waals surface area contributed by atoms with Crippen LogP contribution in [0, 0.1) is 0 Å². The van der Waals surface area contributed by atoms with Gasteiger partial charge in [-0.15, -0.1) is 0 Å². The van der Waals surface area contributed by atoms with Gasteiger partial charge in [-0.2, -0.15) is 5.10 Å². The van der Waals surface area contributed by atoms with Crippen molar-refractivity contribution < 1.29 is 4.79 Å². The summed E-state index contributed by atoms with van der Waals surface area (Å²) < 4.78 is 0. The number of carbonyl (C=O) groups is 1. The number of rotatable bonds is 4. The number of amides is 1. The second kappa shape index (κ2) is 6.37. The van der Waals surface area contributed by atoms with Crippen LogP contribution >= 0.6 is 11.6 Å². The van der Waals surface area contributed by atoms with Gasteiger partial charge in [-0.3, -0.25) is 9.89 Å². The summed E-state index contributed by atoms with van der Waals surface area (Å²) in [6.45, 7) is 2.79. The monoisotopic (exact) mass is 351 g/mol. The number of hydrogen-bond donors (Lipinski definition) is 1. The van der Waals surface area contributed by atoms with Gasteiger partial charge in [-0.05, 0) is 24.1 Å². The molecule has 0 bridgehead atoms. The first-order valence-electron chi connectivity index (χ1n) is 8.40. The molecule has 1 aliphatic heterocycles. The number of H-pyrrole nitrogens is 1. The summed E-state index contributed by atoms with van der Waals surface area (Å²) in [7, 11) is 0. The van der Waals surface area contributed by atoms with Gasteiger partial charge in [0, 0.05) is 22.7 Å². The highest BCUT2D eigenvalue weighted by molar-refractivity contribution is 6.30. The third kappa shape index (κ3) is 2.63. The maximum atomic E-state index is 12.9. The second-order valence-electron chi connectivity index (χ2n) is 6.18. The van der Waals surface area contributed by atoms with Gasteiger partial charge in [0.05, 0.1) is 11.7 Å². The van der Waals surface area contributed by atoms with E-state index in [1.807, 2.05) is 47.4 Å². The molecule has 0 saturated carbocycles. The number of fused-ring (bicyclic) bond motifs is 1. The summed E-state index contributed by atoms with van der Waals surface area (Å²) in [6, 6.07) is 17.6. The van der Waals surface area contributed by atoms with Crippen molar-refractivity contribution in [3.05, 3.63) is 76.4 Å². The van der Waals surface area contributed by atoms with Gasteiger partial charge in [0.15, 0.2) is 0 Å². The molecule has 0 radical (unpaired) electrons. The SMILES string of the molecule is CCCN1C(=O)c2[nH]nc(-c3ccc(Cl)cc3)c2[C@@H]1c1ccccc1. The molecule has 1 aliphatic rings. The van der Waals surface area contributed by atoms with Crippen LogP contribution in [0.5, 0.6) is 0 Å². The third-order valence-corrected chi connectivity index (χ3v) is 4.81. The van der Waals surface area contributed by atoms with Crippen LogP contribution in [0.3, 0.4) is 0 Å². The Bertz CT molecular complexity index is 902. The van der Waals surface area contributed by atoms with Crippen molar-refractivity contribution in [1.29, 1.82) is 0 Å². The predicted molar refractivity (Wildman–Crippen MR) is 98.6 cm³/mol. The average molecular weight is 352 g/mol. The molecule has 0 unspecified atom stereocenters. The van der Waals surface area contributed by atoms with Crippen molar-refractivity contribution in [1.82, 2.24) is 15.1 Å². The standard InChI is InChI=1S/C20H18ClN3O/c1-2-12-24-19(14-6-4-3-5-7-14)16-17(22-23-18(16)20(24)25)13-8-10-15(21)11-9-13/h3-11,19H,2,12H2,1H3,(H,22,23)/t19-/m0/s1. The zero-order valence-electron chi connectivity index (χ0n) is 13.9. The molecule has 0 fully saturated rings. The molecule has 1 atom stereocenters. The van der Waals surface area contributed by atoms with Crippen LogP contribution in [0.15, 0.2) is 54.6 Å². The Labute approximate surface area is 151 Å². The molecule has 1 amide bonds. The van der Waals surface area contributed by atoms with Gasteiger partial charge in [0.2, 0.25) is 0 Å². The van der Waals surface area contributed by atoms with Crippen molar-refractivity contribution in [3.63, 3.8) is 0 Å². The zero-order valence-corrected chi connectivity index (χ0v) is 14.6. The molecule has 4 rings (SSSR count). The molecular formula is C20H18ClN3O. The molecule has 5 heteroatoms. The van der Waals surface area contributed by atoms with Crippen LogP contribution in [0.4, 0.5) is 0 Å². The quantitative estimate of drug-likeness (QED) is 0.741. The Balaban J connectivity index is 1.88. The van der Waals surface area contributed by atoms with Crippen molar-refractivity contribution >= 4 is 17.5 Å².